The summed E-state index contributed by atoms with van der Waals surface area (Å²) in [6.45, 7) is 2.06. The number of aryl methyl sites for hydroxylation is 1. The van der Waals surface area contributed by atoms with Gasteiger partial charge >= 0.3 is 0 Å². The fourth-order valence-electron chi connectivity index (χ4n) is 2.73. The summed E-state index contributed by atoms with van der Waals surface area (Å²) in [7, 11) is 0. The summed E-state index contributed by atoms with van der Waals surface area (Å²) in [5, 5.41) is 2.79. The van der Waals surface area contributed by atoms with E-state index in [4.69, 9.17) is 0 Å². The Kier molecular flexibility index (Phi) is 5.76. The van der Waals surface area contributed by atoms with Gasteiger partial charge in [0.05, 0.1) is 0 Å². The van der Waals surface area contributed by atoms with Crippen molar-refractivity contribution in [2.75, 3.05) is 0 Å². The number of amides is 1. The first-order valence-electron chi connectivity index (χ1n) is 8.74. The lowest BCUT2D eigenvalue weighted by Gasteiger charge is -2.13. The molecule has 0 fully saturated rings. The van der Waals surface area contributed by atoms with E-state index < -0.39 is 5.82 Å². The molecule has 27 heavy (non-hydrogen) atoms. The van der Waals surface area contributed by atoms with Gasteiger partial charge < -0.3 is 5.32 Å². The van der Waals surface area contributed by atoms with Crippen molar-refractivity contribution in [1.82, 2.24) is 14.9 Å². The zero-order chi connectivity index (χ0) is 19.2. The zero-order valence-electron chi connectivity index (χ0n) is 15.0. The SMILES string of the molecule is CCc1cc(=O)n(CC(=O)NCc2ccccc2)c(-c2cccc(F)c2)n1. The van der Waals surface area contributed by atoms with E-state index in [0.717, 1.165) is 5.56 Å². The van der Waals surface area contributed by atoms with E-state index in [0.29, 0.717) is 24.2 Å². The number of rotatable bonds is 6. The molecule has 0 saturated carbocycles. The summed E-state index contributed by atoms with van der Waals surface area (Å²) >= 11 is 0. The monoisotopic (exact) mass is 365 g/mol. The summed E-state index contributed by atoms with van der Waals surface area (Å²) in [5.74, 6) is -0.456. The summed E-state index contributed by atoms with van der Waals surface area (Å²) in [4.78, 5) is 29.4. The van der Waals surface area contributed by atoms with Gasteiger partial charge in [0.25, 0.3) is 5.56 Å². The van der Waals surface area contributed by atoms with Crippen LogP contribution in [0.4, 0.5) is 4.39 Å². The van der Waals surface area contributed by atoms with Crippen LogP contribution in [0.2, 0.25) is 0 Å². The van der Waals surface area contributed by atoms with Crippen molar-refractivity contribution in [3.63, 3.8) is 0 Å². The van der Waals surface area contributed by atoms with Gasteiger partial charge in [0.15, 0.2) is 0 Å². The molecule has 3 rings (SSSR count). The standard InChI is InChI=1S/C21H20FN3O2/c1-2-18-12-20(27)25(21(24-18)16-9-6-10-17(22)11-16)14-19(26)23-13-15-7-4-3-5-8-15/h3-12H,2,13-14H2,1H3,(H,23,26). The smallest absolute Gasteiger partial charge is 0.254 e. The molecule has 6 heteroatoms. The molecule has 1 aromatic heterocycles. The largest absolute Gasteiger partial charge is 0.350 e. The molecule has 0 saturated heterocycles. The van der Waals surface area contributed by atoms with E-state index in [1.165, 1.54) is 22.8 Å². The van der Waals surface area contributed by atoms with Gasteiger partial charge in [-0.25, -0.2) is 9.37 Å². The van der Waals surface area contributed by atoms with Crippen molar-refractivity contribution in [3.8, 4) is 11.4 Å². The van der Waals surface area contributed by atoms with Crippen molar-refractivity contribution in [1.29, 1.82) is 0 Å². The van der Waals surface area contributed by atoms with Crippen LogP contribution in [0.5, 0.6) is 0 Å². The molecule has 1 heterocycles. The van der Waals surface area contributed by atoms with Crippen LogP contribution in [-0.2, 0) is 24.3 Å². The molecular formula is C21H20FN3O2. The predicted molar refractivity (Wildman–Crippen MR) is 102 cm³/mol. The molecule has 0 unspecified atom stereocenters. The van der Waals surface area contributed by atoms with Crippen LogP contribution in [0.3, 0.4) is 0 Å². The second-order valence-corrected chi connectivity index (χ2v) is 6.12. The van der Waals surface area contributed by atoms with Gasteiger partial charge in [0.2, 0.25) is 5.91 Å². The molecule has 0 aliphatic carbocycles. The number of carbonyl (C=O) groups excluding carboxylic acids is 1. The number of halogens is 1. The van der Waals surface area contributed by atoms with Gasteiger partial charge in [0, 0.05) is 23.9 Å². The van der Waals surface area contributed by atoms with E-state index >= 15 is 0 Å². The lowest BCUT2D eigenvalue weighted by Crippen LogP contribution is -2.33. The van der Waals surface area contributed by atoms with E-state index in [1.54, 1.807) is 12.1 Å². The molecule has 1 N–H and O–H groups in total. The first kappa shape index (κ1) is 18.5. The molecule has 1 amide bonds. The maximum absolute atomic E-state index is 13.6. The second kappa shape index (κ2) is 8.40. The first-order valence-corrected chi connectivity index (χ1v) is 8.74. The molecule has 3 aromatic rings. The lowest BCUT2D eigenvalue weighted by molar-refractivity contribution is -0.121. The Morgan fingerprint density at radius 2 is 1.89 bits per heavy atom. The number of carbonyl (C=O) groups is 1. The van der Waals surface area contributed by atoms with Crippen LogP contribution in [0.15, 0.2) is 65.5 Å². The van der Waals surface area contributed by atoms with Crippen molar-refractivity contribution in [2.45, 2.75) is 26.4 Å². The maximum Gasteiger partial charge on any atom is 0.254 e. The van der Waals surface area contributed by atoms with Crippen molar-refractivity contribution < 1.29 is 9.18 Å². The van der Waals surface area contributed by atoms with Gasteiger partial charge in [-0.3, -0.25) is 14.2 Å². The van der Waals surface area contributed by atoms with Crippen LogP contribution >= 0.6 is 0 Å². The molecule has 0 aliphatic rings. The molecule has 0 aliphatic heterocycles. The Balaban J connectivity index is 1.87. The lowest BCUT2D eigenvalue weighted by atomic mass is 10.2. The van der Waals surface area contributed by atoms with Gasteiger partial charge in [-0.15, -0.1) is 0 Å². The molecule has 2 aromatic carbocycles. The Bertz CT molecular complexity index is 1000. The fourth-order valence-corrected chi connectivity index (χ4v) is 2.73. The highest BCUT2D eigenvalue weighted by molar-refractivity contribution is 5.76. The van der Waals surface area contributed by atoms with E-state index in [1.807, 2.05) is 37.3 Å². The minimum atomic E-state index is -0.427. The predicted octanol–water partition coefficient (Wildman–Crippen LogP) is 2.93. The van der Waals surface area contributed by atoms with E-state index in [2.05, 4.69) is 10.3 Å². The van der Waals surface area contributed by atoms with Gasteiger partial charge in [-0.2, -0.15) is 0 Å². The highest BCUT2D eigenvalue weighted by atomic mass is 19.1. The number of hydrogen-bond acceptors (Lipinski definition) is 3. The number of hydrogen-bond donors (Lipinski definition) is 1. The minimum absolute atomic E-state index is 0.186. The Morgan fingerprint density at radius 1 is 1.11 bits per heavy atom. The maximum atomic E-state index is 13.6. The molecule has 0 atom stereocenters. The van der Waals surface area contributed by atoms with Crippen LogP contribution in [0.25, 0.3) is 11.4 Å². The molecule has 0 bridgehead atoms. The summed E-state index contributed by atoms with van der Waals surface area (Å²) < 4.78 is 14.9. The number of aromatic nitrogens is 2. The topological polar surface area (TPSA) is 64.0 Å². The normalized spacial score (nSPS) is 10.6. The highest BCUT2D eigenvalue weighted by Crippen LogP contribution is 2.17. The minimum Gasteiger partial charge on any atom is -0.350 e. The molecule has 0 radical (unpaired) electrons. The van der Waals surface area contributed by atoms with E-state index in [-0.39, 0.29) is 23.8 Å². The van der Waals surface area contributed by atoms with Crippen molar-refractivity contribution in [2.24, 2.45) is 0 Å². The van der Waals surface area contributed by atoms with Crippen molar-refractivity contribution >= 4 is 5.91 Å². The Hall–Kier alpha value is -3.28. The van der Waals surface area contributed by atoms with Crippen LogP contribution in [0.1, 0.15) is 18.2 Å². The molecular weight excluding hydrogens is 345 g/mol. The quantitative estimate of drug-likeness (QED) is 0.731. The van der Waals surface area contributed by atoms with Crippen molar-refractivity contribution in [3.05, 3.63) is 88.1 Å². The summed E-state index contributed by atoms with van der Waals surface area (Å²) in [6.07, 6.45) is 0.568. The number of nitrogens with zero attached hydrogens (tertiary/aromatic N) is 2. The Morgan fingerprint density at radius 3 is 2.59 bits per heavy atom. The third kappa shape index (κ3) is 4.67. The number of nitrogens with one attached hydrogen (secondary N) is 1. The zero-order valence-corrected chi connectivity index (χ0v) is 15.0. The molecule has 5 nitrogen and oxygen atoms in total. The third-order valence-electron chi connectivity index (χ3n) is 4.14. The fraction of sp³-hybridized carbons (Fsp3) is 0.190. The third-order valence-corrected chi connectivity index (χ3v) is 4.14. The van der Waals surface area contributed by atoms with Gasteiger partial charge in [-0.1, -0.05) is 49.4 Å². The van der Waals surface area contributed by atoms with Gasteiger partial charge in [-0.05, 0) is 24.1 Å². The highest BCUT2D eigenvalue weighted by Gasteiger charge is 2.14. The van der Waals surface area contributed by atoms with Crippen LogP contribution < -0.4 is 10.9 Å². The summed E-state index contributed by atoms with van der Waals surface area (Å²) in [6, 6.07) is 16.7. The average Bonchev–Trinajstić information content (AvgIpc) is 2.68. The molecule has 138 valence electrons. The Labute approximate surface area is 156 Å². The average molecular weight is 365 g/mol. The first-order chi connectivity index (χ1) is 13.1. The summed E-state index contributed by atoms with van der Waals surface area (Å²) in [5.41, 5.74) is 1.68. The second-order valence-electron chi connectivity index (χ2n) is 6.12. The number of benzene rings is 2. The van der Waals surface area contributed by atoms with Gasteiger partial charge in [0.1, 0.15) is 18.2 Å². The van der Waals surface area contributed by atoms with Crippen LogP contribution in [0, 0.1) is 5.82 Å². The van der Waals surface area contributed by atoms with Crippen LogP contribution in [-0.4, -0.2) is 15.5 Å². The molecule has 0 spiro atoms. The van der Waals surface area contributed by atoms with E-state index in [9.17, 15) is 14.0 Å².